The Bertz CT molecular complexity index is 1220. The molecule has 1 aromatic heterocycles. The number of nitrogens with one attached hydrogen (secondary N) is 2. The number of amides is 2. The van der Waals surface area contributed by atoms with E-state index in [0.717, 1.165) is 16.7 Å². The minimum absolute atomic E-state index is 0.104. The Morgan fingerprint density at radius 3 is 2.63 bits per heavy atom. The van der Waals surface area contributed by atoms with Crippen LogP contribution in [0.4, 0.5) is 11.4 Å². The summed E-state index contributed by atoms with van der Waals surface area (Å²) in [5, 5.41) is 5.69. The van der Waals surface area contributed by atoms with Gasteiger partial charge in [-0.3, -0.25) is 14.6 Å². The number of benzene rings is 2. The molecule has 3 aromatic rings. The monoisotopic (exact) mass is 474 g/mol. The smallest absolute Gasteiger partial charge is 0.335 e. The van der Waals surface area contributed by atoms with E-state index in [1.165, 1.54) is 0 Å². The third kappa shape index (κ3) is 6.28. The highest BCUT2D eigenvalue weighted by Gasteiger charge is 2.27. The third-order valence-electron chi connectivity index (χ3n) is 5.52. The van der Waals surface area contributed by atoms with E-state index in [-0.39, 0.29) is 30.8 Å². The summed E-state index contributed by atoms with van der Waals surface area (Å²) in [4.78, 5) is 40.5. The lowest BCUT2D eigenvalue weighted by Crippen LogP contribution is -2.21. The maximum absolute atomic E-state index is 12.8. The Hall–Kier alpha value is -4.08. The van der Waals surface area contributed by atoms with Gasteiger partial charge in [0.2, 0.25) is 5.91 Å². The lowest BCUT2D eigenvalue weighted by molar-refractivity contribution is -0.147. The van der Waals surface area contributed by atoms with E-state index in [9.17, 15) is 14.4 Å². The Kier molecular flexibility index (Phi) is 7.81. The highest BCUT2D eigenvalue weighted by Crippen LogP contribution is 2.28. The standard InChI is InChI=1S/C26H26N4O5/c27-16-19-5-4-18(25(32)30-20-6-10-28-11-7-20)15-22(19)17-2-1-3-21(14-17)29-24(31)9-13-34-23-8-12-35-26(23)33/h1-7,10-11,14-15,23H,8-9,12-13,16,27H2,(H,29,31)(H,28,30,32). The lowest BCUT2D eigenvalue weighted by atomic mass is 9.96. The number of rotatable bonds is 9. The van der Waals surface area contributed by atoms with Crippen LogP contribution in [0.25, 0.3) is 11.1 Å². The molecule has 0 aliphatic carbocycles. The molecule has 35 heavy (non-hydrogen) atoms. The van der Waals surface area contributed by atoms with Gasteiger partial charge in [-0.2, -0.15) is 0 Å². The van der Waals surface area contributed by atoms with Crippen LogP contribution in [0, 0.1) is 0 Å². The quantitative estimate of drug-likeness (QED) is 0.406. The van der Waals surface area contributed by atoms with Crippen molar-refractivity contribution in [3.63, 3.8) is 0 Å². The summed E-state index contributed by atoms with van der Waals surface area (Å²) in [6.45, 7) is 0.760. The fraction of sp³-hybridized carbons (Fsp3) is 0.231. The predicted molar refractivity (Wildman–Crippen MR) is 131 cm³/mol. The van der Waals surface area contributed by atoms with Crippen LogP contribution in [-0.4, -0.2) is 42.1 Å². The summed E-state index contributed by atoms with van der Waals surface area (Å²) in [5.74, 6) is -0.875. The van der Waals surface area contributed by atoms with Crippen molar-refractivity contribution in [1.82, 2.24) is 4.98 Å². The van der Waals surface area contributed by atoms with Crippen molar-refractivity contribution in [3.8, 4) is 11.1 Å². The van der Waals surface area contributed by atoms with E-state index in [1.807, 2.05) is 24.3 Å². The number of anilines is 2. The van der Waals surface area contributed by atoms with Crippen LogP contribution in [0.3, 0.4) is 0 Å². The van der Waals surface area contributed by atoms with Crippen LogP contribution < -0.4 is 16.4 Å². The van der Waals surface area contributed by atoms with E-state index in [4.69, 9.17) is 15.2 Å². The van der Waals surface area contributed by atoms with Crippen LogP contribution in [0.2, 0.25) is 0 Å². The molecule has 0 spiro atoms. The van der Waals surface area contributed by atoms with Crippen LogP contribution in [-0.2, 0) is 25.6 Å². The molecule has 9 heteroatoms. The number of pyridine rings is 1. The normalized spacial score (nSPS) is 14.9. The first kappa shape index (κ1) is 24.1. The van der Waals surface area contributed by atoms with Crippen molar-refractivity contribution < 1.29 is 23.9 Å². The van der Waals surface area contributed by atoms with E-state index < -0.39 is 6.10 Å². The number of aromatic nitrogens is 1. The van der Waals surface area contributed by atoms with Gasteiger partial charge in [0.05, 0.1) is 19.6 Å². The first-order valence-corrected chi connectivity index (χ1v) is 11.3. The third-order valence-corrected chi connectivity index (χ3v) is 5.52. The first-order chi connectivity index (χ1) is 17.0. The maximum atomic E-state index is 12.8. The molecule has 180 valence electrons. The van der Waals surface area contributed by atoms with Crippen LogP contribution in [0.5, 0.6) is 0 Å². The lowest BCUT2D eigenvalue weighted by Gasteiger charge is -2.13. The Morgan fingerprint density at radius 1 is 1.06 bits per heavy atom. The van der Waals surface area contributed by atoms with Gasteiger partial charge in [0.25, 0.3) is 5.91 Å². The summed E-state index contributed by atoms with van der Waals surface area (Å²) in [7, 11) is 0. The van der Waals surface area contributed by atoms with Crippen LogP contribution in [0.15, 0.2) is 67.0 Å². The van der Waals surface area contributed by atoms with Gasteiger partial charge < -0.3 is 25.8 Å². The van der Waals surface area contributed by atoms with Crippen LogP contribution in [0.1, 0.15) is 28.8 Å². The number of nitrogens with zero attached hydrogens (tertiary/aromatic N) is 1. The maximum Gasteiger partial charge on any atom is 0.335 e. The highest BCUT2D eigenvalue weighted by atomic mass is 16.6. The molecule has 2 aromatic carbocycles. The SMILES string of the molecule is NCc1ccc(C(=O)Nc2ccncc2)cc1-c1cccc(NC(=O)CCOC2CCOC2=O)c1. The summed E-state index contributed by atoms with van der Waals surface area (Å²) in [5.41, 5.74) is 10.2. The van der Waals surface area contributed by atoms with Gasteiger partial charge in [0, 0.05) is 42.3 Å². The predicted octanol–water partition coefficient (Wildman–Crippen LogP) is 3.12. The molecular formula is C26H26N4O5. The minimum atomic E-state index is -0.594. The topological polar surface area (TPSA) is 133 Å². The second-order valence-electron chi connectivity index (χ2n) is 7.96. The van der Waals surface area contributed by atoms with Crippen molar-refractivity contribution in [2.75, 3.05) is 23.8 Å². The first-order valence-electron chi connectivity index (χ1n) is 11.3. The molecule has 9 nitrogen and oxygen atoms in total. The molecule has 0 bridgehead atoms. The second-order valence-corrected chi connectivity index (χ2v) is 7.96. The Labute approximate surface area is 202 Å². The molecule has 0 radical (unpaired) electrons. The second kappa shape index (κ2) is 11.4. The van der Waals surface area contributed by atoms with Crippen molar-refractivity contribution in [1.29, 1.82) is 0 Å². The number of cyclic esters (lactones) is 1. The molecule has 1 unspecified atom stereocenters. The number of ether oxygens (including phenoxy) is 2. The molecule has 2 amide bonds. The Balaban J connectivity index is 1.44. The molecule has 1 aliphatic heterocycles. The average molecular weight is 475 g/mol. The molecule has 2 heterocycles. The molecule has 1 aliphatic rings. The van der Waals surface area contributed by atoms with Gasteiger partial charge in [-0.25, -0.2) is 4.79 Å². The molecule has 1 atom stereocenters. The van der Waals surface area contributed by atoms with E-state index >= 15 is 0 Å². The van der Waals surface area contributed by atoms with Gasteiger partial charge in [0.1, 0.15) is 0 Å². The highest BCUT2D eigenvalue weighted by molar-refractivity contribution is 6.05. The fourth-order valence-corrected chi connectivity index (χ4v) is 3.71. The number of nitrogens with two attached hydrogens (primary N) is 1. The zero-order chi connectivity index (χ0) is 24.6. The number of hydrogen-bond donors (Lipinski definition) is 3. The summed E-state index contributed by atoms with van der Waals surface area (Å²) in [6.07, 6.45) is 3.22. The summed E-state index contributed by atoms with van der Waals surface area (Å²) < 4.78 is 10.3. The average Bonchev–Trinajstić information content (AvgIpc) is 3.28. The van der Waals surface area contributed by atoms with Crippen molar-refractivity contribution in [2.45, 2.75) is 25.5 Å². The van der Waals surface area contributed by atoms with Gasteiger partial charge in [0.15, 0.2) is 6.10 Å². The largest absolute Gasteiger partial charge is 0.464 e. The van der Waals surface area contributed by atoms with E-state index in [1.54, 1.807) is 42.7 Å². The minimum Gasteiger partial charge on any atom is -0.464 e. The number of esters is 1. The molecule has 1 fully saturated rings. The van der Waals surface area contributed by atoms with Gasteiger partial charge in [-0.05, 0) is 53.1 Å². The number of carbonyl (C=O) groups excluding carboxylic acids is 3. The molecule has 4 N–H and O–H groups in total. The zero-order valence-electron chi connectivity index (χ0n) is 19.0. The van der Waals surface area contributed by atoms with Crippen molar-refractivity contribution in [3.05, 3.63) is 78.1 Å². The summed E-state index contributed by atoms with van der Waals surface area (Å²) in [6, 6.07) is 16.1. The zero-order valence-corrected chi connectivity index (χ0v) is 19.0. The van der Waals surface area contributed by atoms with Crippen molar-refractivity contribution >= 4 is 29.2 Å². The molecule has 0 saturated carbocycles. The van der Waals surface area contributed by atoms with Crippen molar-refractivity contribution in [2.24, 2.45) is 5.73 Å². The van der Waals surface area contributed by atoms with E-state index in [2.05, 4.69) is 15.6 Å². The van der Waals surface area contributed by atoms with Gasteiger partial charge in [-0.15, -0.1) is 0 Å². The summed E-state index contributed by atoms with van der Waals surface area (Å²) >= 11 is 0. The Morgan fingerprint density at radius 2 is 1.89 bits per heavy atom. The van der Waals surface area contributed by atoms with Gasteiger partial charge in [-0.1, -0.05) is 18.2 Å². The van der Waals surface area contributed by atoms with E-state index in [0.29, 0.717) is 36.5 Å². The molecule has 4 rings (SSSR count). The van der Waals surface area contributed by atoms with Crippen LogP contribution >= 0.6 is 0 Å². The fourth-order valence-electron chi connectivity index (χ4n) is 3.71. The number of carbonyl (C=O) groups is 3. The number of hydrogen-bond acceptors (Lipinski definition) is 7. The molecule has 1 saturated heterocycles. The van der Waals surface area contributed by atoms with Gasteiger partial charge >= 0.3 is 5.97 Å². The molecular weight excluding hydrogens is 448 g/mol.